The third kappa shape index (κ3) is 5.00. The van der Waals surface area contributed by atoms with Crippen molar-refractivity contribution >= 4 is 5.69 Å². The third-order valence-electron chi connectivity index (χ3n) is 4.18. The van der Waals surface area contributed by atoms with E-state index in [1.807, 2.05) is 13.2 Å². The average Bonchev–Trinajstić information content (AvgIpc) is 2.83. The Morgan fingerprint density at radius 1 is 1.52 bits per heavy atom. The molecule has 0 bridgehead atoms. The van der Waals surface area contributed by atoms with E-state index in [0.717, 1.165) is 36.6 Å². The van der Waals surface area contributed by atoms with Gasteiger partial charge in [-0.05, 0) is 25.2 Å². The molecule has 2 N–H and O–H groups in total. The highest BCUT2D eigenvalue weighted by atomic mass is 16.5. The summed E-state index contributed by atoms with van der Waals surface area (Å²) in [5.41, 5.74) is 2.04. The Kier molecular flexibility index (Phi) is 6.06. The molecule has 5 nitrogen and oxygen atoms in total. The molecule has 1 aromatic heterocycles. The number of aromatic nitrogens is 2. The van der Waals surface area contributed by atoms with Crippen LogP contribution in [0.4, 0.5) is 5.69 Å². The van der Waals surface area contributed by atoms with Crippen LogP contribution in [0.15, 0.2) is 6.20 Å². The van der Waals surface area contributed by atoms with Gasteiger partial charge < -0.3 is 15.2 Å². The normalized spacial score (nSPS) is 24.0. The summed E-state index contributed by atoms with van der Waals surface area (Å²) in [7, 11) is 1.91. The van der Waals surface area contributed by atoms with Gasteiger partial charge in [0.2, 0.25) is 0 Å². The standard InChI is InChI=1S/C16H29N3O2/c1-4-15-16(10-19(3)18-15)17-9-13(20)11-21-14-7-5-6-12(2)8-14/h10,12-14,17,20H,4-9,11H2,1-3H3. The molecule has 3 atom stereocenters. The molecule has 1 aliphatic carbocycles. The van der Waals surface area contributed by atoms with Crippen LogP contribution >= 0.6 is 0 Å². The van der Waals surface area contributed by atoms with Crippen LogP contribution in [0.2, 0.25) is 0 Å². The lowest BCUT2D eigenvalue weighted by Gasteiger charge is -2.27. The van der Waals surface area contributed by atoms with Crippen molar-refractivity contribution in [3.05, 3.63) is 11.9 Å². The predicted molar refractivity (Wildman–Crippen MR) is 84.5 cm³/mol. The fourth-order valence-electron chi connectivity index (χ4n) is 3.01. The Balaban J connectivity index is 1.70. The van der Waals surface area contributed by atoms with Crippen LogP contribution in [-0.2, 0) is 18.2 Å². The molecule has 1 heterocycles. The summed E-state index contributed by atoms with van der Waals surface area (Å²) in [5.74, 6) is 0.751. The molecule has 1 fully saturated rings. The van der Waals surface area contributed by atoms with Crippen molar-refractivity contribution in [2.75, 3.05) is 18.5 Å². The Labute approximate surface area is 127 Å². The fourth-order valence-corrected chi connectivity index (χ4v) is 3.01. The third-order valence-corrected chi connectivity index (χ3v) is 4.18. The number of rotatable bonds is 7. The van der Waals surface area contributed by atoms with Crippen molar-refractivity contribution in [1.82, 2.24) is 9.78 Å². The van der Waals surface area contributed by atoms with Crippen LogP contribution in [0, 0.1) is 5.92 Å². The predicted octanol–water partition coefficient (Wildman–Crippen LogP) is 2.35. The molecule has 3 unspecified atom stereocenters. The first-order valence-electron chi connectivity index (χ1n) is 8.14. The second-order valence-electron chi connectivity index (χ2n) is 6.28. The largest absolute Gasteiger partial charge is 0.389 e. The molecule has 1 saturated carbocycles. The van der Waals surface area contributed by atoms with Gasteiger partial charge in [-0.2, -0.15) is 5.10 Å². The van der Waals surface area contributed by atoms with Gasteiger partial charge in [-0.3, -0.25) is 4.68 Å². The van der Waals surface area contributed by atoms with Gasteiger partial charge in [-0.25, -0.2) is 0 Å². The second-order valence-corrected chi connectivity index (χ2v) is 6.28. The van der Waals surface area contributed by atoms with E-state index in [4.69, 9.17) is 4.74 Å². The average molecular weight is 295 g/mol. The summed E-state index contributed by atoms with van der Waals surface area (Å²) in [6.07, 6.45) is 7.50. The summed E-state index contributed by atoms with van der Waals surface area (Å²) in [6.45, 7) is 5.27. The van der Waals surface area contributed by atoms with Gasteiger partial charge in [-0.1, -0.05) is 26.7 Å². The molecule has 2 rings (SSSR count). The number of hydrogen-bond acceptors (Lipinski definition) is 4. The molecule has 0 radical (unpaired) electrons. The van der Waals surface area contributed by atoms with Gasteiger partial charge in [0.05, 0.1) is 30.2 Å². The SMILES string of the molecule is CCc1nn(C)cc1NCC(O)COC1CCCC(C)C1. The van der Waals surface area contributed by atoms with Crippen LogP contribution in [0.3, 0.4) is 0 Å². The van der Waals surface area contributed by atoms with Crippen molar-refractivity contribution in [3.8, 4) is 0 Å². The number of aliphatic hydroxyl groups excluding tert-OH is 1. The molecule has 0 aromatic carbocycles. The fraction of sp³-hybridized carbons (Fsp3) is 0.812. The Bertz CT molecular complexity index is 433. The minimum absolute atomic E-state index is 0.327. The highest BCUT2D eigenvalue weighted by Gasteiger charge is 2.20. The first-order valence-corrected chi connectivity index (χ1v) is 8.14. The highest BCUT2D eigenvalue weighted by molar-refractivity contribution is 5.46. The van der Waals surface area contributed by atoms with Crippen molar-refractivity contribution in [1.29, 1.82) is 0 Å². The number of nitrogens with zero attached hydrogens (tertiary/aromatic N) is 2. The maximum Gasteiger partial charge on any atom is 0.0945 e. The summed E-state index contributed by atoms with van der Waals surface area (Å²) < 4.78 is 7.65. The molecular formula is C16H29N3O2. The quantitative estimate of drug-likeness (QED) is 0.810. The first-order chi connectivity index (χ1) is 10.1. The minimum atomic E-state index is -0.479. The number of aliphatic hydroxyl groups is 1. The van der Waals surface area contributed by atoms with Gasteiger partial charge in [0, 0.05) is 19.8 Å². The van der Waals surface area contributed by atoms with Crippen LogP contribution in [0.25, 0.3) is 0 Å². The van der Waals surface area contributed by atoms with E-state index in [1.165, 1.54) is 12.8 Å². The lowest BCUT2D eigenvalue weighted by molar-refractivity contribution is -0.0274. The number of aryl methyl sites for hydroxylation is 2. The Morgan fingerprint density at radius 2 is 2.33 bits per heavy atom. The molecular weight excluding hydrogens is 266 g/mol. The molecule has 0 aliphatic heterocycles. The zero-order valence-electron chi connectivity index (χ0n) is 13.5. The van der Waals surface area contributed by atoms with E-state index < -0.39 is 6.10 Å². The first kappa shape index (κ1) is 16.3. The summed E-state index contributed by atoms with van der Waals surface area (Å²) >= 11 is 0. The highest BCUT2D eigenvalue weighted by Crippen LogP contribution is 2.25. The van der Waals surface area contributed by atoms with Crippen LogP contribution in [0.5, 0.6) is 0 Å². The number of nitrogens with one attached hydrogen (secondary N) is 1. The summed E-state index contributed by atoms with van der Waals surface area (Å²) in [5, 5.41) is 17.7. The van der Waals surface area contributed by atoms with Crippen LogP contribution < -0.4 is 5.32 Å². The Morgan fingerprint density at radius 3 is 3.05 bits per heavy atom. The van der Waals surface area contributed by atoms with Crippen molar-refractivity contribution in [2.45, 2.75) is 58.2 Å². The molecule has 21 heavy (non-hydrogen) atoms. The van der Waals surface area contributed by atoms with E-state index in [2.05, 4.69) is 24.3 Å². The maximum absolute atomic E-state index is 10.1. The van der Waals surface area contributed by atoms with E-state index in [-0.39, 0.29) is 0 Å². The number of anilines is 1. The number of ether oxygens (including phenoxy) is 1. The second kappa shape index (κ2) is 7.80. The monoisotopic (exact) mass is 295 g/mol. The zero-order chi connectivity index (χ0) is 15.2. The Hall–Kier alpha value is -1.07. The molecule has 0 amide bonds. The van der Waals surface area contributed by atoms with Crippen molar-refractivity contribution in [3.63, 3.8) is 0 Å². The van der Waals surface area contributed by atoms with Crippen LogP contribution in [-0.4, -0.2) is 40.2 Å². The van der Waals surface area contributed by atoms with Gasteiger partial charge in [-0.15, -0.1) is 0 Å². The summed E-state index contributed by atoms with van der Waals surface area (Å²) in [6, 6.07) is 0. The molecule has 1 aliphatic rings. The van der Waals surface area contributed by atoms with Crippen molar-refractivity contribution in [2.24, 2.45) is 13.0 Å². The maximum atomic E-state index is 10.1. The van der Waals surface area contributed by atoms with E-state index >= 15 is 0 Å². The molecule has 0 spiro atoms. The lowest BCUT2D eigenvalue weighted by Crippen LogP contribution is -2.30. The van der Waals surface area contributed by atoms with E-state index in [1.54, 1.807) is 4.68 Å². The number of hydrogen-bond donors (Lipinski definition) is 2. The van der Waals surface area contributed by atoms with Gasteiger partial charge in [0.1, 0.15) is 0 Å². The molecule has 1 aromatic rings. The van der Waals surface area contributed by atoms with E-state index in [0.29, 0.717) is 19.3 Å². The zero-order valence-corrected chi connectivity index (χ0v) is 13.5. The topological polar surface area (TPSA) is 59.3 Å². The van der Waals surface area contributed by atoms with Gasteiger partial charge in [0.15, 0.2) is 0 Å². The molecule has 0 saturated heterocycles. The molecule has 120 valence electrons. The minimum Gasteiger partial charge on any atom is -0.389 e. The summed E-state index contributed by atoms with van der Waals surface area (Å²) in [4.78, 5) is 0. The van der Waals surface area contributed by atoms with Gasteiger partial charge in [0.25, 0.3) is 0 Å². The van der Waals surface area contributed by atoms with Crippen LogP contribution in [0.1, 0.15) is 45.2 Å². The molecule has 5 heteroatoms. The van der Waals surface area contributed by atoms with Gasteiger partial charge >= 0.3 is 0 Å². The smallest absolute Gasteiger partial charge is 0.0945 e. The lowest BCUT2D eigenvalue weighted by atomic mass is 9.89. The van der Waals surface area contributed by atoms with Crippen molar-refractivity contribution < 1.29 is 9.84 Å². The van der Waals surface area contributed by atoms with E-state index in [9.17, 15) is 5.11 Å².